The van der Waals surface area contributed by atoms with Crippen LogP contribution in [0.1, 0.15) is 27.7 Å². The van der Waals surface area contributed by atoms with E-state index < -0.39 is 0 Å². The summed E-state index contributed by atoms with van der Waals surface area (Å²) in [5.41, 5.74) is 5.37. The second-order valence-corrected chi connectivity index (χ2v) is 3.98. The maximum atomic E-state index is 11.9. The zero-order chi connectivity index (χ0) is 12.0. The Kier molecular flexibility index (Phi) is 5.74. The van der Waals surface area contributed by atoms with E-state index in [-0.39, 0.29) is 24.2 Å². The summed E-state index contributed by atoms with van der Waals surface area (Å²) in [6.07, 6.45) is 0. The number of hydrogen-bond acceptors (Lipinski definition) is 3. The lowest BCUT2D eigenvalue weighted by molar-refractivity contribution is -0.135. The molecule has 0 spiro atoms. The van der Waals surface area contributed by atoms with Gasteiger partial charge in [0.05, 0.1) is 6.54 Å². The van der Waals surface area contributed by atoms with E-state index in [4.69, 9.17) is 10.9 Å². The van der Waals surface area contributed by atoms with E-state index in [1.165, 1.54) is 0 Å². The van der Waals surface area contributed by atoms with E-state index in [0.29, 0.717) is 12.5 Å². The minimum absolute atomic E-state index is 0.0408. The quantitative estimate of drug-likeness (QED) is 0.309. The molecule has 0 saturated heterocycles. The van der Waals surface area contributed by atoms with Crippen molar-refractivity contribution in [2.24, 2.45) is 22.7 Å². The van der Waals surface area contributed by atoms with Gasteiger partial charge in [-0.2, -0.15) is 0 Å². The van der Waals surface area contributed by atoms with Crippen LogP contribution in [-0.4, -0.2) is 34.9 Å². The van der Waals surface area contributed by atoms with Crippen LogP contribution in [0.5, 0.6) is 0 Å². The van der Waals surface area contributed by atoms with Gasteiger partial charge >= 0.3 is 0 Å². The predicted octanol–water partition coefficient (Wildman–Crippen LogP) is 0.873. The highest BCUT2D eigenvalue weighted by molar-refractivity contribution is 5.87. The van der Waals surface area contributed by atoms with Crippen molar-refractivity contribution >= 4 is 11.7 Å². The number of hydrogen-bond donors (Lipinski definition) is 2. The smallest absolute Gasteiger partial charge is 0.226 e. The zero-order valence-electron chi connectivity index (χ0n) is 9.90. The lowest BCUT2D eigenvalue weighted by Gasteiger charge is -2.25. The standard InChI is InChI=1S/C10H21N3O2/c1-5-13(6-9(11)12-15)10(14)8(4)7(2)3/h7-8,15H,5-6H2,1-4H3,(H2,11,12). The molecule has 0 saturated carbocycles. The third-order valence-electron chi connectivity index (χ3n) is 2.56. The number of likely N-dealkylation sites (N-methyl/N-ethyl adjacent to an activating group) is 1. The summed E-state index contributed by atoms with van der Waals surface area (Å²) < 4.78 is 0. The number of amidine groups is 1. The molecule has 1 amide bonds. The van der Waals surface area contributed by atoms with Crippen LogP contribution in [-0.2, 0) is 4.79 Å². The number of carbonyl (C=O) groups excluding carboxylic acids is 1. The van der Waals surface area contributed by atoms with Crippen molar-refractivity contribution in [3.8, 4) is 0 Å². The van der Waals surface area contributed by atoms with Crippen LogP contribution in [0, 0.1) is 11.8 Å². The summed E-state index contributed by atoms with van der Waals surface area (Å²) in [6, 6.07) is 0. The summed E-state index contributed by atoms with van der Waals surface area (Å²) in [6.45, 7) is 8.51. The minimum atomic E-state index is -0.0450. The molecule has 15 heavy (non-hydrogen) atoms. The number of nitrogens with zero attached hydrogens (tertiary/aromatic N) is 2. The van der Waals surface area contributed by atoms with Gasteiger partial charge in [-0.3, -0.25) is 4.79 Å². The molecule has 0 bridgehead atoms. The SMILES string of the molecule is CCN(CC(N)=NO)C(=O)C(C)C(C)C. The Labute approximate surface area is 90.9 Å². The van der Waals surface area contributed by atoms with E-state index in [1.807, 2.05) is 27.7 Å². The normalized spacial score (nSPS) is 14.1. The third-order valence-corrected chi connectivity index (χ3v) is 2.56. The van der Waals surface area contributed by atoms with Gasteiger partial charge in [0.15, 0.2) is 5.84 Å². The van der Waals surface area contributed by atoms with Crippen molar-refractivity contribution in [3.63, 3.8) is 0 Å². The molecule has 1 atom stereocenters. The lowest BCUT2D eigenvalue weighted by atomic mass is 9.96. The first-order valence-corrected chi connectivity index (χ1v) is 5.19. The molecule has 0 radical (unpaired) electrons. The maximum Gasteiger partial charge on any atom is 0.226 e. The van der Waals surface area contributed by atoms with Gasteiger partial charge in [0.2, 0.25) is 5.91 Å². The van der Waals surface area contributed by atoms with Crippen LogP contribution in [0.15, 0.2) is 5.16 Å². The predicted molar refractivity (Wildman–Crippen MR) is 59.7 cm³/mol. The molecule has 0 fully saturated rings. The monoisotopic (exact) mass is 215 g/mol. The van der Waals surface area contributed by atoms with Gasteiger partial charge in [-0.25, -0.2) is 0 Å². The van der Waals surface area contributed by atoms with Crippen molar-refractivity contribution in [1.82, 2.24) is 4.90 Å². The second kappa shape index (κ2) is 6.27. The van der Waals surface area contributed by atoms with Gasteiger partial charge in [-0.05, 0) is 12.8 Å². The fourth-order valence-corrected chi connectivity index (χ4v) is 1.15. The summed E-state index contributed by atoms with van der Waals surface area (Å²) in [4.78, 5) is 13.5. The van der Waals surface area contributed by atoms with Crippen molar-refractivity contribution < 1.29 is 10.0 Å². The van der Waals surface area contributed by atoms with E-state index in [0.717, 1.165) is 0 Å². The van der Waals surface area contributed by atoms with Gasteiger partial charge < -0.3 is 15.8 Å². The number of rotatable bonds is 5. The topological polar surface area (TPSA) is 78.9 Å². The van der Waals surface area contributed by atoms with Gasteiger partial charge in [-0.1, -0.05) is 25.9 Å². The first kappa shape index (κ1) is 13.7. The molecule has 5 heteroatoms. The van der Waals surface area contributed by atoms with E-state index in [2.05, 4.69) is 5.16 Å². The molecule has 0 heterocycles. The van der Waals surface area contributed by atoms with Gasteiger partial charge in [0.25, 0.3) is 0 Å². The molecule has 0 rings (SSSR count). The first-order chi connectivity index (χ1) is 6.93. The fourth-order valence-electron chi connectivity index (χ4n) is 1.15. The van der Waals surface area contributed by atoms with E-state index in [9.17, 15) is 4.79 Å². The summed E-state index contributed by atoms with van der Waals surface area (Å²) in [5, 5.41) is 11.3. The molecule has 3 N–H and O–H groups in total. The van der Waals surface area contributed by atoms with Crippen LogP contribution < -0.4 is 5.73 Å². The van der Waals surface area contributed by atoms with Crippen molar-refractivity contribution in [2.45, 2.75) is 27.7 Å². The summed E-state index contributed by atoms with van der Waals surface area (Å²) >= 11 is 0. The Balaban J connectivity index is 4.47. The van der Waals surface area contributed by atoms with Crippen LogP contribution in [0.25, 0.3) is 0 Å². The molecule has 0 aliphatic heterocycles. The highest BCUT2D eigenvalue weighted by atomic mass is 16.4. The van der Waals surface area contributed by atoms with Crippen molar-refractivity contribution in [1.29, 1.82) is 0 Å². The molecule has 0 aromatic rings. The Morgan fingerprint density at radius 2 is 2.00 bits per heavy atom. The average molecular weight is 215 g/mol. The first-order valence-electron chi connectivity index (χ1n) is 5.19. The van der Waals surface area contributed by atoms with Gasteiger partial charge in [0, 0.05) is 12.5 Å². The van der Waals surface area contributed by atoms with Crippen molar-refractivity contribution in [2.75, 3.05) is 13.1 Å². The van der Waals surface area contributed by atoms with E-state index in [1.54, 1.807) is 4.90 Å². The summed E-state index contributed by atoms with van der Waals surface area (Å²) in [7, 11) is 0. The van der Waals surface area contributed by atoms with Crippen LogP contribution in [0.2, 0.25) is 0 Å². The maximum absolute atomic E-state index is 11.9. The molecule has 88 valence electrons. The fraction of sp³-hybridized carbons (Fsp3) is 0.800. The van der Waals surface area contributed by atoms with Crippen LogP contribution in [0.4, 0.5) is 0 Å². The number of amides is 1. The Bertz CT molecular complexity index is 239. The number of oxime groups is 1. The minimum Gasteiger partial charge on any atom is -0.409 e. The largest absolute Gasteiger partial charge is 0.409 e. The number of carbonyl (C=O) groups is 1. The molecule has 1 unspecified atom stereocenters. The third kappa shape index (κ3) is 4.18. The number of nitrogens with two attached hydrogens (primary N) is 1. The van der Waals surface area contributed by atoms with Crippen molar-refractivity contribution in [3.05, 3.63) is 0 Å². The Morgan fingerprint density at radius 3 is 2.33 bits per heavy atom. The van der Waals surface area contributed by atoms with Crippen LogP contribution >= 0.6 is 0 Å². The Hall–Kier alpha value is -1.26. The molecule has 0 aliphatic carbocycles. The lowest BCUT2D eigenvalue weighted by Crippen LogP contribution is -2.42. The molecule has 0 aliphatic rings. The summed E-state index contributed by atoms with van der Waals surface area (Å²) in [5.74, 6) is 0.343. The van der Waals surface area contributed by atoms with Crippen LogP contribution in [0.3, 0.4) is 0 Å². The van der Waals surface area contributed by atoms with E-state index >= 15 is 0 Å². The average Bonchev–Trinajstić information content (AvgIpc) is 2.23. The highest BCUT2D eigenvalue weighted by Crippen LogP contribution is 2.12. The molecule has 0 aromatic heterocycles. The molecular weight excluding hydrogens is 194 g/mol. The molecular formula is C10H21N3O2. The van der Waals surface area contributed by atoms with Gasteiger partial charge in [-0.15, -0.1) is 0 Å². The molecule has 0 aromatic carbocycles. The Morgan fingerprint density at radius 1 is 1.47 bits per heavy atom. The second-order valence-electron chi connectivity index (χ2n) is 3.98. The van der Waals surface area contributed by atoms with Gasteiger partial charge in [0.1, 0.15) is 0 Å². The molecule has 5 nitrogen and oxygen atoms in total. The highest BCUT2D eigenvalue weighted by Gasteiger charge is 2.22. The zero-order valence-corrected chi connectivity index (χ0v) is 9.90.